The summed E-state index contributed by atoms with van der Waals surface area (Å²) in [6.07, 6.45) is -1.03. The van der Waals surface area contributed by atoms with Gasteiger partial charge in [-0.15, -0.1) is 0 Å². The summed E-state index contributed by atoms with van der Waals surface area (Å²) < 4.78 is 9.33. The van der Waals surface area contributed by atoms with Crippen molar-refractivity contribution in [2.24, 2.45) is 0 Å². The first-order valence-electron chi connectivity index (χ1n) is 5.88. The number of hydrazine groups is 1. The van der Waals surface area contributed by atoms with Crippen molar-refractivity contribution in [3.05, 3.63) is 35.9 Å². The molecule has 1 rings (SSSR count). The molecular weight excluding hydrogens is 264 g/mol. The lowest BCUT2D eigenvalue weighted by atomic mass is 10.2. The predicted octanol–water partition coefficient (Wildman–Crippen LogP) is 0.0257. The molecule has 108 valence electrons. The van der Waals surface area contributed by atoms with Crippen molar-refractivity contribution < 1.29 is 23.9 Å². The number of ether oxygens (including phenoxy) is 2. The van der Waals surface area contributed by atoms with Gasteiger partial charge in [-0.3, -0.25) is 20.4 Å². The average molecular weight is 280 g/mol. The van der Waals surface area contributed by atoms with Gasteiger partial charge in [-0.05, 0) is 19.1 Å². The molecule has 2 N–H and O–H groups in total. The van der Waals surface area contributed by atoms with Crippen molar-refractivity contribution in [3.63, 3.8) is 0 Å². The molecule has 0 spiro atoms. The van der Waals surface area contributed by atoms with Gasteiger partial charge in [0.15, 0.2) is 6.10 Å². The Kier molecular flexibility index (Phi) is 6.18. The first-order chi connectivity index (χ1) is 9.54. The third kappa shape index (κ3) is 5.07. The topological polar surface area (TPSA) is 93.7 Å². The van der Waals surface area contributed by atoms with Gasteiger partial charge in [0.25, 0.3) is 11.8 Å². The summed E-state index contributed by atoms with van der Waals surface area (Å²) in [5, 5.41) is 0. The molecule has 0 aliphatic heterocycles. The summed E-state index contributed by atoms with van der Waals surface area (Å²) in [6.45, 7) is 1.14. The number of rotatable bonds is 5. The maximum Gasteiger partial charge on any atom is 0.332 e. The van der Waals surface area contributed by atoms with E-state index in [1.165, 1.54) is 14.0 Å². The molecule has 7 heteroatoms. The highest BCUT2D eigenvalue weighted by Gasteiger charge is 2.18. The molecule has 0 bridgehead atoms. The minimum Gasteiger partial charge on any atom is -0.451 e. The van der Waals surface area contributed by atoms with Crippen LogP contribution >= 0.6 is 0 Å². The monoisotopic (exact) mass is 280 g/mol. The number of carbonyl (C=O) groups is 3. The first-order valence-corrected chi connectivity index (χ1v) is 5.88. The van der Waals surface area contributed by atoms with Crippen molar-refractivity contribution in [1.82, 2.24) is 10.9 Å². The number of nitrogens with one attached hydrogen (secondary N) is 2. The highest BCUT2D eigenvalue weighted by molar-refractivity contribution is 5.95. The third-order valence-corrected chi connectivity index (χ3v) is 2.27. The molecule has 0 aromatic heterocycles. The van der Waals surface area contributed by atoms with Gasteiger partial charge in [0.1, 0.15) is 6.61 Å². The van der Waals surface area contributed by atoms with E-state index in [4.69, 9.17) is 4.74 Å². The molecule has 0 heterocycles. The third-order valence-electron chi connectivity index (χ3n) is 2.27. The second-order valence-corrected chi connectivity index (χ2v) is 3.87. The van der Waals surface area contributed by atoms with Gasteiger partial charge in [-0.25, -0.2) is 4.79 Å². The Morgan fingerprint density at radius 3 is 2.40 bits per heavy atom. The summed E-state index contributed by atoms with van der Waals surface area (Å²) in [7, 11) is 1.34. The zero-order valence-electron chi connectivity index (χ0n) is 11.2. The van der Waals surface area contributed by atoms with E-state index in [9.17, 15) is 14.4 Å². The molecule has 0 fully saturated rings. The molecule has 0 aliphatic rings. The number of benzene rings is 1. The van der Waals surface area contributed by atoms with E-state index in [0.717, 1.165) is 0 Å². The Morgan fingerprint density at radius 2 is 1.80 bits per heavy atom. The highest BCUT2D eigenvalue weighted by Crippen LogP contribution is 1.97. The van der Waals surface area contributed by atoms with E-state index < -0.39 is 23.9 Å². The van der Waals surface area contributed by atoms with Crippen molar-refractivity contribution in [2.75, 3.05) is 13.7 Å². The lowest BCUT2D eigenvalue weighted by Crippen LogP contribution is -2.46. The maximum absolute atomic E-state index is 11.6. The van der Waals surface area contributed by atoms with Crippen LogP contribution in [-0.2, 0) is 19.1 Å². The van der Waals surface area contributed by atoms with E-state index >= 15 is 0 Å². The van der Waals surface area contributed by atoms with Crippen LogP contribution in [0.15, 0.2) is 30.3 Å². The second kappa shape index (κ2) is 7.90. The molecule has 0 unspecified atom stereocenters. The molecule has 2 amide bonds. The number of hydrogen-bond acceptors (Lipinski definition) is 5. The molecule has 0 saturated carbocycles. The number of esters is 1. The second-order valence-electron chi connectivity index (χ2n) is 3.87. The molecule has 0 saturated heterocycles. The van der Waals surface area contributed by atoms with Crippen LogP contribution in [0.4, 0.5) is 0 Å². The molecule has 7 nitrogen and oxygen atoms in total. The lowest BCUT2D eigenvalue weighted by Gasteiger charge is -2.13. The van der Waals surface area contributed by atoms with Crippen LogP contribution < -0.4 is 10.9 Å². The molecule has 1 aromatic rings. The molecule has 0 aliphatic carbocycles. The fourth-order valence-corrected chi connectivity index (χ4v) is 1.28. The zero-order valence-corrected chi connectivity index (χ0v) is 11.2. The highest BCUT2D eigenvalue weighted by atomic mass is 16.6. The van der Waals surface area contributed by atoms with E-state index in [2.05, 4.69) is 15.6 Å². The van der Waals surface area contributed by atoms with Crippen molar-refractivity contribution >= 4 is 17.8 Å². The van der Waals surface area contributed by atoms with Crippen molar-refractivity contribution in [1.29, 1.82) is 0 Å². The van der Waals surface area contributed by atoms with Crippen LogP contribution in [0.2, 0.25) is 0 Å². The van der Waals surface area contributed by atoms with Crippen molar-refractivity contribution in [2.45, 2.75) is 13.0 Å². The van der Waals surface area contributed by atoms with E-state index in [-0.39, 0.29) is 6.61 Å². The first kappa shape index (κ1) is 15.6. The normalized spacial score (nSPS) is 11.3. The smallest absolute Gasteiger partial charge is 0.332 e. The van der Waals surface area contributed by atoms with Crippen LogP contribution in [0.5, 0.6) is 0 Å². The number of carbonyl (C=O) groups excluding carboxylic acids is 3. The summed E-state index contributed by atoms with van der Waals surface area (Å²) in [4.78, 5) is 34.3. The lowest BCUT2D eigenvalue weighted by molar-refractivity contribution is -0.158. The minimum atomic E-state index is -1.03. The Morgan fingerprint density at radius 1 is 1.15 bits per heavy atom. The summed E-state index contributed by atoms with van der Waals surface area (Å²) in [6, 6.07) is 8.37. The van der Waals surface area contributed by atoms with Crippen LogP contribution in [0, 0.1) is 0 Å². The van der Waals surface area contributed by atoms with Gasteiger partial charge in [0.2, 0.25) is 0 Å². The number of hydrogen-bond donors (Lipinski definition) is 2. The van der Waals surface area contributed by atoms with Crippen LogP contribution in [0.1, 0.15) is 17.3 Å². The van der Waals surface area contributed by atoms with Crippen LogP contribution in [0.3, 0.4) is 0 Å². The van der Waals surface area contributed by atoms with Crippen LogP contribution in [0.25, 0.3) is 0 Å². The fourth-order valence-electron chi connectivity index (χ4n) is 1.28. The molecular formula is C13H16N2O5. The van der Waals surface area contributed by atoms with Gasteiger partial charge in [0.05, 0.1) is 0 Å². The van der Waals surface area contributed by atoms with E-state index in [1.54, 1.807) is 30.3 Å². The van der Waals surface area contributed by atoms with Gasteiger partial charge in [0, 0.05) is 12.7 Å². The quantitative estimate of drug-likeness (QED) is 0.586. The average Bonchev–Trinajstić information content (AvgIpc) is 2.45. The van der Waals surface area contributed by atoms with Gasteiger partial charge in [-0.2, -0.15) is 0 Å². The van der Waals surface area contributed by atoms with E-state index in [0.29, 0.717) is 5.56 Å². The maximum atomic E-state index is 11.6. The Hall–Kier alpha value is -2.41. The summed E-state index contributed by atoms with van der Waals surface area (Å²) >= 11 is 0. The van der Waals surface area contributed by atoms with E-state index in [1.807, 2.05) is 0 Å². The van der Waals surface area contributed by atoms with Gasteiger partial charge < -0.3 is 9.47 Å². The largest absolute Gasteiger partial charge is 0.451 e. The summed E-state index contributed by atoms with van der Waals surface area (Å²) in [5.41, 5.74) is 4.80. The molecule has 1 atom stereocenters. The standard InChI is InChI=1S/C13H16N2O5/c1-9(20-11(16)8-19-2)12(17)14-15-13(18)10-6-4-3-5-7-10/h3-7,9H,8H2,1-2H3,(H,14,17)(H,15,18)/t9-/m1/s1. The number of methoxy groups -OCH3 is 1. The minimum absolute atomic E-state index is 0.242. The summed E-state index contributed by atoms with van der Waals surface area (Å²) in [5.74, 6) is -1.77. The zero-order chi connectivity index (χ0) is 15.0. The fraction of sp³-hybridized carbons (Fsp3) is 0.308. The van der Waals surface area contributed by atoms with Crippen molar-refractivity contribution in [3.8, 4) is 0 Å². The number of amides is 2. The molecule has 1 aromatic carbocycles. The SMILES string of the molecule is COCC(=O)O[C@H](C)C(=O)NNC(=O)c1ccccc1. The Balaban J connectivity index is 2.39. The Labute approximate surface area is 116 Å². The Bertz CT molecular complexity index is 475. The predicted molar refractivity (Wildman–Crippen MR) is 69.5 cm³/mol. The molecule has 0 radical (unpaired) electrons. The molecule has 20 heavy (non-hydrogen) atoms. The van der Waals surface area contributed by atoms with Crippen LogP contribution in [-0.4, -0.2) is 37.6 Å². The van der Waals surface area contributed by atoms with Gasteiger partial charge in [-0.1, -0.05) is 18.2 Å². The van der Waals surface area contributed by atoms with Gasteiger partial charge >= 0.3 is 5.97 Å².